The lowest BCUT2D eigenvalue weighted by atomic mass is 10.2. The maximum absolute atomic E-state index is 8.86. The number of rotatable bonds is 1. The second-order valence-electron chi connectivity index (χ2n) is 2.39. The summed E-state index contributed by atoms with van der Waals surface area (Å²) in [6, 6.07) is 9.55. The van der Waals surface area contributed by atoms with Crippen molar-refractivity contribution in [1.29, 1.82) is 0 Å². The first-order valence-electron chi connectivity index (χ1n) is 3.53. The Balaban J connectivity index is 2.45. The molecular weight excluding hydrogens is 154 g/mol. The van der Waals surface area contributed by atoms with Gasteiger partial charge in [0.2, 0.25) is 0 Å². The van der Waals surface area contributed by atoms with Gasteiger partial charge in [0.25, 0.3) is 0 Å². The summed E-state index contributed by atoms with van der Waals surface area (Å²) >= 11 is 0. The van der Waals surface area contributed by atoms with Gasteiger partial charge in [-0.15, -0.1) is 5.10 Å². The van der Waals surface area contributed by atoms with Crippen molar-refractivity contribution in [3.63, 3.8) is 0 Å². The second kappa shape index (κ2) is 2.65. The van der Waals surface area contributed by atoms with E-state index in [1.807, 2.05) is 30.3 Å². The first kappa shape index (κ1) is 6.84. The summed E-state index contributed by atoms with van der Waals surface area (Å²) in [6.07, 6.45) is 1.45. The van der Waals surface area contributed by atoms with Gasteiger partial charge in [0.05, 0.1) is 6.20 Å². The third-order valence-electron chi connectivity index (χ3n) is 1.55. The zero-order valence-electron chi connectivity index (χ0n) is 6.25. The van der Waals surface area contributed by atoms with Crippen LogP contribution < -0.4 is 0 Å². The molecule has 0 atom stereocenters. The topological polar surface area (TPSA) is 50.9 Å². The molecule has 0 bridgehead atoms. The molecule has 0 aliphatic heterocycles. The van der Waals surface area contributed by atoms with Crippen molar-refractivity contribution in [2.45, 2.75) is 0 Å². The van der Waals surface area contributed by atoms with Crippen molar-refractivity contribution >= 4 is 0 Å². The smallest absolute Gasteiger partial charge is 0.116 e. The van der Waals surface area contributed by atoms with Crippen LogP contribution >= 0.6 is 0 Å². The van der Waals surface area contributed by atoms with E-state index in [0.29, 0.717) is 10.5 Å². The van der Waals surface area contributed by atoms with E-state index in [0.717, 1.165) is 5.56 Å². The standard InChI is InChI=1S/C8H7N3O/c12-11-6-8(9-10-11)7-4-2-1-3-5-7/h1-6,12H. The molecule has 2 rings (SSSR count). The van der Waals surface area contributed by atoms with Crippen LogP contribution in [-0.4, -0.2) is 20.4 Å². The predicted molar refractivity (Wildman–Crippen MR) is 42.6 cm³/mol. The summed E-state index contributed by atoms with van der Waals surface area (Å²) in [5.41, 5.74) is 1.61. The van der Waals surface area contributed by atoms with E-state index in [2.05, 4.69) is 10.3 Å². The van der Waals surface area contributed by atoms with E-state index in [9.17, 15) is 0 Å². The Kier molecular flexibility index (Phi) is 1.51. The molecule has 0 saturated carbocycles. The van der Waals surface area contributed by atoms with Crippen molar-refractivity contribution in [3.05, 3.63) is 36.5 Å². The number of benzene rings is 1. The van der Waals surface area contributed by atoms with E-state index in [-0.39, 0.29) is 0 Å². The van der Waals surface area contributed by atoms with Crippen LogP contribution in [0, 0.1) is 0 Å². The van der Waals surface area contributed by atoms with Crippen LogP contribution in [0.5, 0.6) is 0 Å². The average Bonchev–Trinajstić information content (AvgIpc) is 2.54. The molecule has 12 heavy (non-hydrogen) atoms. The highest BCUT2D eigenvalue weighted by atomic mass is 16.5. The quantitative estimate of drug-likeness (QED) is 0.639. The molecule has 60 valence electrons. The lowest BCUT2D eigenvalue weighted by Gasteiger charge is -1.90. The van der Waals surface area contributed by atoms with Crippen molar-refractivity contribution in [1.82, 2.24) is 15.2 Å². The van der Waals surface area contributed by atoms with Crippen molar-refractivity contribution in [2.75, 3.05) is 0 Å². The Bertz CT molecular complexity index is 369. The Morgan fingerprint density at radius 2 is 1.92 bits per heavy atom. The average molecular weight is 161 g/mol. The molecule has 1 N–H and O–H groups in total. The van der Waals surface area contributed by atoms with Crippen LogP contribution in [-0.2, 0) is 0 Å². The van der Waals surface area contributed by atoms with Crippen LogP contribution in [0.15, 0.2) is 36.5 Å². The summed E-state index contributed by atoms with van der Waals surface area (Å²) in [4.78, 5) is 0.697. The van der Waals surface area contributed by atoms with Gasteiger partial charge in [-0.25, -0.2) is 0 Å². The third-order valence-corrected chi connectivity index (χ3v) is 1.55. The van der Waals surface area contributed by atoms with Gasteiger partial charge in [0.15, 0.2) is 0 Å². The van der Waals surface area contributed by atoms with Gasteiger partial charge in [-0.3, -0.25) is 0 Å². The first-order chi connectivity index (χ1) is 5.86. The van der Waals surface area contributed by atoms with Gasteiger partial charge >= 0.3 is 0 Å². The first-order valence-corrected chi connectivity index (χ1v) is 3.53. The van der Waals surface area contributed by atoms with E-state index in [1.54, 1.807) is 0 Å². The molecule has 0 radical (unpaired) electrons. The monoisotopic (exact) mass is 161 g/mol. The van der Waals surface area contributed by atoms with Gasteiger partial charge in [-0.1, -0.05) is 35.2 Å². The minimum atomic E-state index is 0.665. The van der Waals surface area contributed by atoms with Crippen LogP contribution in [0.1, 0.15) is 0 Å². The summed E-state index contributed by atoms with van der Waals surface area (Å²) in [5.74, 6) is 0. The lowest BCUT2D eigenvalue weighted by molar-refractivity contribution is 0.143. The summed E-state index contributed by atoms with van der Waals surface area (Å²) < 4.78 is 0. The van der Waals surface area contributed by atoms with E-state index >= 15 is 0 Å². The molecule has 0 saturated heterocycles. The van der Waals surface area contributed by atoms with Gasteiger partial charge in [0, 0.05) is 5.56 Å². The Morgan fingerprint density at radius 3 is 2.50 bits per heavy atom. The molecule has 0 unspecified atom stereocenters. The number of hydrogen-bond acceptors (Lipinski definition) is 3. The van der Waals surface area contributed by atoms with Gasteiger partial charge in [0.1, 0.15) is 5.69 Å². The molecule has 1 heterocycles. The molecule has 1 aromatic heterocycles. The number of aromatic nitrogens is 3. The van der Waals surface area contributed by atoms with Crippen LogP contribution in [0.25, 0.3) is 11.3 Å². The number of hydrogen-bond donors (Lipinski definition) is 1. The molecule has 1 aromatic carbocycles. The zero-order chi connectivity index (χ0) is 8.39. The highest BCUT2D eigenvalue weighted by Gasteiger charge is 2.00. The zero-order valence-corrected chi connectivity index (χ0v) is 6.25. The SMILES string of the molecule is On1cc(-c2ccccc2)nn1. The largest absolute Gasteiger partial charge is 0.410 e. The van der Waals surface area contributed by atoms with E-state index in [1.165, 1.54) is 6.20 Å². The fourth-order valence-electron chi connectivity index (χ4n) is 0.996. The summed E-state index contributed by atoms with van der Waals surface area (Å²) in [5, 5.41) is 16.0. The van der Waals surface area contributed by atoms with Crippen molar-refractivity contribution < 1.29 is 5.21 Å². The molecular formula is C8H7N3O. The minimum Gasteiger partial charge on any atom is -0.410 e. The molecule has 2 aromatic rings. The Morgan fingerprint density at radius 1 is 1.17 bits per heavy atom. The second-order valence-corrected chi connectivity index (χ2v) is 2.39. The minimum absolute atomic E-state index is 0.665. The summed E-state index contributed by atoms with van der Waals surface area (Å²) in [7, 11) is 0. The molecule has 0 aliphatic carbocycles. The molecule has 4 nitrogen and oxygen atoms in total. The Hall–Kier alpha value is -1.84. The van der Waals surface area contributed by atoms with Crippen molar-refractivity contribution in [2.24, 2.45) is 0 Å². The maximum Gasteiger partial charge on any atom is 0.116 e. The highest BCUT2D eigenvalue weighted by Crippen LogP contribution is 2.13. The van der Waals surface area contributed by atoms with Crippen LogP contribution in [0.3, 0.4) is 0 Å². The molecule has 0 fully saturated rings. The van der Waals surface area contributed by atoms with Crippen LogP contribution in [0.2, 0.25) is 0 Å². The predicted octanol–water partition coefficient (Wildman–Crippen LogP) is 1.18. The van der Waals surface area contributed by atoms with Gasteiger partial charge < -0.3 is 5.21 Å². The van der Waals surface area contributed by atoms with Crippen LogP contribution in [0.4, 0.5) is 0 Å². The maximum atomic E-state index is 8.86. The fourth-order valence-corrected chi connectivity index (χ4v) is 0.996. The third kappa shape index (κ3) is 1.14. The summed E-state index contributed by atoms with van der Waals surface area (Å²) in [6.45, 7) is 0. The lowest BCUT2D eigenvalue weighted by Crippen LogP contribution is -1.88. The van der Waals surface area contributed by atoms with Gasteiger partial charge in [-0.2, -0.15) is 0 Å². The van der Waals surface area contributed by atoms with E-state index < -0.39 is 0 Å². The molecule has 0 amide bonds. The van der Waals surface area contributed by atoms with E-state index in [4.69, 9.17) is 5.21 Å². The molecule has 4 heteroatoms. The number of nitrogens with zero attached hydrogens (tertiary/aromatic N) is 3. The highest BCUT2D eigenvalue weighted by molar-refractivity contribution is 5.56. The molecule has 0 spiro atoms. The normalized spacial score (nSPS) is 10.0. The molecule has 0 aliphatic rings. The van der Waals surface area contributed by atoms with Crippen molar-refractivity contribution in [3.8, 4) is 11.3 Å². The van der Waals surface area contributed by atoms with Gasteiger partial charge in [-0.05, 0) is 5.21 Å². The fraction of sp³-hybridized carbons (Fsp3) is 0. The Labute approximate surface area is 69.0 Å².